The number of fused-ring (bicyclic) bond motifs is 1. The third-order valence-corrected chi connectivity index (χ3v) is 3.97. The molecule has 0 atom stereocenters. The number of imidazole rings is 1. The number of aryl methyl sites for hydroxylation is 2. The van der Waals surface area contributed by atoms with Gasteiger partial charge in [0.25, 0.3) is 0 Å². The Balaban J connectivity index is 1.49. The molecule has 0 aliphatic heterocycles. The Kier molecular flexibility index (Phi) is 3.60. The first-order chi connectivity index (χ1) is 11.4. The standard InChI is InChI=1S/C20H17N3/c1-2-6-15(7-3-1)19-14-21-20(23-19)13-12-17-11-10-16-8-4-5-9-18(16)22-17/h1-11,14H,12-13H2,(H,21,23). The molecular weight excluding hydrogens is 282 g/mol. The van der Waals surface area contributed by atoms with Gasteiger partial charge in [-0.1, -0.05) is 54.6 Å². The summed E-state index contributed by atoms with van der Waals surface area (Å²) in [6.45, 7) is 0. The zero-order chi connectivity index (χ0) is 15.5. The van der Waals surface area contributed by atoms with Gasteiger partial charge in [-0.05, 0) is 18.6 Å². The van der Waals surface area contributed by atoms with Gasteiger partial charge in [-0.25, -0.2) is 4.98 Å². The lowest BCUT2D eigenvalue weighted by atomic mass is 10.1. The van der Waals surface area contributed by atoms with Crippen LogP contribution in [0.5, 0.6) is 0 Å². The highest BCUT2D eigenvalue weighted by Gasteiger charge is 2.05. The van der Waals surface area contributed by atoms with Crippen molar-refractivity contribution in [1.29, 1.82) is 0 Å². The van der Waals surface area contributed by atoms with Crippen molar-refractivity contribution in [3.8, 4) is 11.3 Å². The molecular formula is C20H17N3. The van der Waals surface area contributed by atoms with Gasteiger partial charge in [0.2, 0.25) is 0 Å². The van der Waals surface area contributed by atoms with Gasteiger partial charge >= 0.3 is 0 Å². The van der Waals surface area contributed by atoms with Crippen molar-refractivity contribution in [2.24, 2.45) is 0 Å². The number of rotatable bonds is 4. The monoisotopic (exact) mass is 299 g/mol. The second kappa shape index (κ2) is 6.05. The summed E-state index contributed by atoms with van der Waals surface area (Å²) in [7, 11) is 0. The molecule has 0 radical (unpaired) electrons. The van der Waals surface area contributed by atoms with Crippen LogP contribution >= 0.6 is 0 Å². The van der Waals surface area contributed by atoms with Gasteiger partial charge in [-0.2, -0.15) is 0 Å². The molecule has 23 heavy (non-hydrogen) atoms. The van der Waals surface area contributed by atoms with Gasteiger partial charge in [0.1, 0.15) is 5.82 Å². The predicted octanol–water partition coefficient (Wildman–Crippen LogP) is 4.41. The van der Waals surface area contributed by atoms with Gasteiger partial charge < -0.3 is 4.98 Å². The summed E-state index contributed by atoms with van der Waals surface area (Å²) in [4.78, 5) is 12.7. The molecule has 0 spiro atoms. The van der Waals surface area contributed by atoms with Crippen LogP contribution in [0.15, 0.2) is 72.9 Å². The van der Waals surface area contributed by atoms with Crippen LogP contribution in [-0.4, -0.2) is 15.0 Å². The number of nitrogens with zero attached hydrogens (tertiary/aromatic N) is 2. The fraction of sp³-hybridized carbons (Fsp3) is 0.100. The molecule has 0 aliphatic rings. The van der Waals surface area contributed by atoms with Crippen LogP contribution < -0.4 is 0 Å². The van der Waals surface area contributed by atoms with Gasteiger partial charge in [0.15, 0.2) is 0 Å². The Morgan fingerprint density at radius 3 is 2.48 bits per heavy atom. The molecule has 4 rings (SSSR count). The summed E-state index contributed by atoms with van der Waals surface area (Å²) in [6.07, 6.45) is 3.71. The maximum atomic E-state index is 4.71. The van der Waals surface area contributed by atoms with Crippen LogP contribution in [0.25, 0.3) is 22.2 Å². The number of para-hydroxylation sites is 1. The van der Waals surface area contributed by atoms with E-state index in [1.807, 2.05) is 36.5 Å². The van der Waals surface area contributed by atoms with Crippen LogP contribution in [0.2, 0.25) is 0 Å². The lowest BCUT2D eigenvalue weighted by molar-refractivity contribution is 0.862. The Labute approximate surface area is 135 Å². The maximum absolute atomic E-state index is 4.71. The fourth-order valence-corrected chi connectivity index (χ4v) is 2.74. The van der Waals surface area contributed by atoms with Crippen molar-refractivity contribution in [3.05, 3.63) is 84.4 Å². The van der Waals surface area contributed by atoms with Crippen molar-refractivity contribution < 1.29 is 0 Å². The Bertz CT molecular complexity index is 926. The molecule has 0 bridgehead atoms. The predicted molar refractivity (Wildman–Crippen MR) is 93.2 cm³/mol. The largest absolute Gasteiger partial charge is 0.348 e. The van der Waals surface area contributed by atoms with Crippen LogP contribution in [0, 0.1) is 0 Å². The van der Waals surface area contributed by atoms with Crippen molar-refractivity contribution >= 4 is 10.9 Å². The lowest BCUT2D eigenvalue weighted by Crippen LogP contribution is -1.96. The van der Waals surface area contributed by atoms with E-state index in [0.717, 1.165) is 41.1 Å². The summed E-state index contributed by atoms with van der Waals surface area (Å²) < 4.78 is 0. The van der Waals surface area contributed by atoms with Gasteiger partial charge in [0, 0.05) is 29.3 Å². The van der Waals surface area contributed by atoms with Crippen LogP contribution in [0.4, 0.5) is 0 Å². The molecule has 1 N–H and O–H groups in total. The molecule has 4 aromatic rings. The first kappa shape index (κ1) is 13.7. The molecule has 0 aliphatic carbocycles. The summed E-state index contributed by atoms with van der Waals surface area (Å²) >= 11 is 0. The van der Waals surface area contributed by atoms with Gasteiger partial charge in [-0.3, -0.25) is 4.98 Å². The molecule has 2 heterocycles. The van der Waals surface area contributed by atoms with Crippen LogP contribution in [0.1, 0.15) is 11.5 Å². The molecule has 112 valence electrons. The number of hydrogen-bond donors (Lipinski definition) is 1. The minimum atomic E-state index is 0.859. The van der Waals surface area contributed by atoms with Crippen molar-refractivity contribution in [2.45, 2.75) is 12.8 Å². The van der Waals surface area contributed by atoms with Crippen molar-refractivity contribution in [1.82, 2.24) is 15.0 Å². The zero-order valence-corrected chi connectivity index (χ0v) is 12.7. The third kappa shape index (κ3) is 2.99. The Morgan fingerprint density at radius 1 is 0.739 bits per heavy atom. The molecule has 0 fully saturated rings. The second-order valence-corrected chi connectivity index (χ2v) is 5.59. The summed E-state index contributed by atoms with van der Waals surface area (Å²) in [5.74, 6) is 0.999. The highest BCUT2D eigenvalue weighted by molar-refractivity contribution is 5.78. The Morgan fingerprint density at radius 2 is 1.57 bits per heavy atom. The summed E-state index contributed by atoms with van der Waals surface area (Å²) in [5, 5.41) is 1.18. The number of H-pyrrole nitrogens is 1. The van der Waals surface area contributed by atoms with Crippen LogP contribution in [-0.2, 0) is 12.8 Å². The third-order valence-electron chi connectivity index (χ3n) is 3.97. The van der Waals surface area contributed by atoms with E-state index in [2.05, 4.69) is 46.4 Å². The van der Waals surface area contributed by atoms with E-state index >= 15 is 0 Å². The smallest absolute Gasteiger partial charge is 0.107 e. The molecule has 0 saturated heterocycles. The van der Waals surface area contributed by atoms with Crippen molar-refractivity contribution in [3.63, 3.8) is 0 Å². The highest BCUT2D eigenvalue weighted by atomic mass is 14.9. The summed E-state index contributed by atoms with van der Waals surface area (Å²) in [6, 6.07) is 22.7. The SMILES string of the molecule is c1ccc(-c2c[nH]c(CCc3ccc4ccccc4n3)n2)cc1. The van der Waals surface area contributed by atoms with E-state index in [0.29, 0.717) is 0 Å². The molecule has 0 saturated carbocycles. The highest BCUT2D eigenvalue weighted by Crippen LogP contribution is 2.17. The fourth-order valence-electron chi connectivity index (χ4n) is 2.74. The molecule has 0 unspecified atom stereocenters. The lowest BCUT2D eigenvalue weighted by Gasteiger charge is -2.02. The number of benzene rings is 2. The van der Waals surface area contributed by atoms with Gasteiger partial charge in [-0.15, -0.1) is 0 Å². The van der Waals surface area contributed by atoms with E-state index in [1.54, 1.807) is 0 Å². The number of nitrogens with one attached hydrogen (secondary N) is 1. The number of pyridine rings is 1. The van der Waals surface area contributed by atoms with Crippen LogP contribution in [0.3, 0.4) is 0 Å². The van der Waals surface area contributed by atoms with E-state index in [4.69, 9.17) is 4.98 Å². The average molecular weight is 299 g/mol. The van der Waals surface area contributed by atoms with E-state index in [-0.39, 0.29) is 0 Å². The number of aromatic amines is 1. The average Bonchev–Trinajstić information content (AvgIpc) is 3.10. The van der Waals surface area contributed by atoms with Crippen molar-refractivity contribution in [2.75, 3.05) is 0 Å². The first-order valence-electron chi connectivity index (χ1n) is 7.83. The van der Waals surface area contributed by atoms with E-state index in [9.17, 15) is 0 Å². The normalized spacial score (nSPS) is 11.0. The second-order valence-electron chi connectivity index (χ2n) is 5.59. The molecule has 3 heteroatoms. The van der Waals surface area contributed by atoms with Gasteiger partial charge in [0.05, 0.1) is 11.2 Å². The molecule has 2 aromatic carbocycles. The molecule has 0 amide bonds. The zero-order valence-electron chi connectivity index (χ0n) is 12.7. The number of hydrogen-bond acceptors (Lipinski definition) is 2. The molecule has 3 nitrogen and oxygen atoms in total. The maximum Gasteiger partial charge on any atom is 0.107 e. The quantitative estimate of drug-likeness (QED) is 0.606. The van der Waals surface area contributed by atoms with E-state index in [1.165, 1.54) is 5.39 Å². The van der Waals surface area contributed by atoms with E-state index < -0.39 is 0 Å². The Hall–Kier alpha value is -2.94. The topological polar surface area (TPSA) is 41.6 Å². The minimum absolute atomic E-state index is 0.859. The summed E-state index contributed by atoms with van der Waals surface area (Å²) in [5.41, 5.74) is 4.28. The minimum Gasteiger partial charge on any atom is -0.348 e. The first-order valence-corrected chi connectivity index (χ1v) is 7.83. The number of aromatic nitrogens is 3. The molecule has 2 aromatic heterocycles.